The van der Waals surface area contributed by atoms with Gasteiger partial charge in [-0.1, -0.05) is 11.6 Å². The topological polar surface area (TPSA) is 71.2 Å². The van der Waals surface area contributed by atoms with Crippen LogP contribution < -0.4 is 11.1 Å². The number of halogens is 1. The molecule has 0 saturated carbocycles. The second kappa shape index (κ2) is 5.35. The summed E-state index contributed by atoms with van der Waals surface area (Å²) in [5.41, 5.74) is 6.11. The van der Waals surface area contributed by atoms with E-state index in [1.807, 2.05) is 6.92 Å². The quantitative estimate of drug-likeness (QED) is 0.876. The molecule has 1 amide bonds. The van der Waals surface area contributed by atoms with E-state index in [2.05, 4.69) is 15.2 Å². The summed E-state index contributed by atoms with van der Waals surface area (Å²) >= 11 is 6.11. The van der Waals surface area contributed by atoms with Crippen molar-refractivity contribution in [2.24, 2.45) is 5.41 Å². The SMILES string of the molecule is CNC(=O)C1(C)CCN(Cc2nc(N)ccc2Cl)C1. The van der Waals surface area contributed by atoms with Gasteiger partial charge in [-0.2, -0.15) is 0 Å². The molecule has 2 rings (SSSR count). The van der Waals surface area contributed by atoms with E-state index >= 15 is 0 Å². The van der Waals surface area contributed by atoms with E-state index in [-0.39, 0.29) is 11.3 Å². The molecule has 1 atom stereocenters. The van der Waals surface area contributed by atoms with Crippen LogP contribution in [0.1, 0.15) is 19.0 Å². The van der Waals surface area contributed by atoms with Gasteiger partial charge in [-0.05, 0) is 32.0 Å². The fraction of sp³-hybridized carbons (Fsp3) is 0.538. The minimum atomic E-state index is -0.332. The van der Waals surface area contributed by atoms with Gasteiger partial charge in [0.2, 0.25) is 5.91 Å². The normalized spacial score (nSPS) is 23.5. The van der Waals surface area contributed by atoms with Crippen molar-refractivity contribution in [3.8, 4) is 0 Å². The Hall–Kier alpha value is -1.33. The number of hydrogen-bond acceptors (Lipinski definition) is 4. The predicted molar refractivity (Wildman–Crippen MR) is 75.7 cm³/mol. The van der Waals surface area contributed by atoms with Gasteiger partial charge in [0.05, 0.1) is 16.1 Å². The molecule has 19 heavy (non-hydrogen) atoms. The van der Waals surface area contributed by atoms with E-state index in [9.17, 15) is 4.79 Å². The van der Waals surface area contributed by atoms with Crippen LogP contribution in [0.3, 0.4) is 0 Å². The minimum Gasteiger partial charge on any atom is -0.384 e. The summed E-state index contributed by atoms with van der Waals surface area (Å²) < 4.78 is 0. The number of nitrogens with two attached hydrogens (primary N) is 1. The highest BCUT2D eigenvalue weighted by Crippen LogP contribution is 2.31. The maximum absolute atomic E-state index is 11.9. The average molecular weight is 283 g/mol. The van der Waals surface area contributed by atoms with Crippen molar-refractivity contribution < 1.29 is 4.79 Å². The van der Waals surface area contributed by atoms with E-state index in [0.717, 1.165) is 18.7 Å². The lowest BCUT2D eigenvalue weighted by molar-refractivity contribution is -0.129. The molecule has 0 aliphatic carbocycles. The summed E-state index contributed by atoms with van der Waals surface area (Å²) in [6.07, 6.45) is 0.840. The Balaban J connectivity index is 2.06. The second-order valence-electron chi connectivity index (χ2n) is 5.27. The lowest BCUT2D eigenvalue weighted by atomic mass is 9.89. The molecule has 0 bridgehead atoms. The van der Waals surface area contributed by atoms with Crippen molar-refractivity contribution >= 4 is 23.3 Å². The van der Waals surface area contributed by atoms with Gasteiger partial charge in [-0.15, -0.1) is 0 Å². The highest BCUT2D eigenvalue weighted by atomic mass is 35.5. The largest absolute Gasteiger partial charge is 0.384 e. The zero-order chi connectivity index (χ0) is 14.0. The molecule has 1 aromatic rings. The zero-order valence-corrected chi connectivity index (χ0v) is 12.0. The third kappa shape index (κ3) is 2.98. The Morgan fingerprint density at radius 1 is 1.63 bits per heavy atom. The lowest BCUT2D eigenvalue weighted by Crippen LogP contribution is -2.39. The number of nitrogens with zero attached hydrogens (tertiary/aromatic N) is 2. The Morgan fingerprint density at radius 3 is 3.05 bits per heavy atom. The first kappa shape index (κ1) is 14.1. The molecule has 5 nitrogen and oxygen atoms in total. The van der Waals surface area contributed by atoms with E-state index in [1.54, 1.807) is 19.2 Å². The number of amides is 1. The van der Waals surface area contributed by atoms with Crippen molar-refractivity contribution in [1.29, 1.82) is 0 Å². The van der Waals surface area contributed by atoms with Crippen LogP contribution in [0, 0.1) is 5.41 Å². The maximum Gasteiger partial charge on any atom is 0.227 e. The molecule has 6 heteroatoms. The van der Waals surface area contributed by atoms with Gasteiger partial charge in [0, 0.05) is 20.1 Å². The van der Waals surface area contributed by atoms with Gasteiger partial charge in [-0.25, -0.2) is 4.98 Å². The Bertz CT molecular complexity index is 494. The third-order valence-corrected chi connectivity index (χ3v) is 3.99. The molecular weight excluding hydrogens is 264 g/mol. The van der Waals surface area contributed by atoms with Crippen LogP contribution in [0.25, 0.3) is 0 Å². The molecule has 0 radical (unpaired) electrons. The summed E-state index contributed by atoms with van der Waals surface area (Å²) in [5, 5.41) is 3.34. The lowest BCUT2D eigenvalue weighted by Gasteiger charge is -2.22. The highest BCUT2D eigenvalue weighted by Gasteiger charge is 2.39. The summed E-state index contributed by atoms with van der Waals surface area (Å²) in [6.45, 7) is 4.17. The Labute approximate surface area is 118 Å². The summed E-state index contributed by atoms with van der Waals surface area (Å²) in [7, 11) is 1.67. The van der Waals surface area contributed by atoms with Crippen LogP contribution in [-0.2, 0) is 11.3 Å². The van der Waals surface area contributed by atoms with Crippen LogP contribution in [-0.4, -0.2) is 35.9 Å². The second-order valence-corrected chi connectivity index (χ2v) is 5.67. The van der Waals surface area contributed by atoms with E-state index in [4.69, 9.17) is 17.3 Å². The van der Waals surface area contributed by atoms with Crippen molar-refractivity contribution in [2.45, 2.75) is 19.9 Å². The van der Waals surface area contributed by atoms with Crippen LogP contribution in [0.2, 0.25) is 5.02 Å². The number of rotatable bonds is 3. The number of anilines is 1. The molecule has 104 valence electrons. The Kier molecular flexibility index (Phi) is 3.96. The zero-order valence-electron chi connectivity index (χ0n) is 11.2. The van der Waals surface area contributed by atoms with Gasteiger partial charge in [0.15, 0.2) is 0 Å². The number of nitrogens with one attached hydrogen (secondary N) is 1. The van der Waals surface area contributed by atoms with Gasteiger partial charge in [-0.3, -0.25) is 9.69 Å². The number of nitrogen functional groups attached to an aromatic ring is 1. The van der Waals surface area contributed by atoms with Gasteiger partial charge >= 0.3 is 0 Å². The first-order chi connectivity index (χ1) is 8.94. The minimum absolute atomic E-state index is 0.0848. The predicted octanol–water partition coefficient (Wildman–Crippen LogP) is 1.28. The fourth-order valence-corrected chi connectivity index (χ4v) is 2.67. The molecular formula is C13H19ClN4O. The summed E-state index contributed by atoms with van der Waals surface area (Å²) in [6, 6.07) is 3.44. The first-order valence-corrected chi connectivity index (χ1v) is 6.68. The molecule has 1 fully saturated rings. The molecule has 1 aliphatic rings. The fourth-order valence-electron chi connectivity index (χ4n) is 2.50. The molecule has 0 aromatic carbocycles. The van der Waals surface area contributed by atoms with E-state index in [1.165, 1.54) is 0 Å². The molecule has 1 saturated heterocycles. The smallest absolute Gasteiger partial charge is 0.227 e. The highest BCUT2D eigenvalue weighted by molar-refractivity contribution is 6.31. The van der Waals surface area contributed by atoms with Crippen LogP contribution in [0.15, 0.2) is 12.1 Å². The van der Waals surface area contributed by atoms with E-state index < -0.39 is 0 Å². The number of pyridine rings is 1. The number of carbonyl (C=O) groups excluding carboxylic acids is 1. The van der Waals surface area contributed by atoms with Crippen molar-refractivity contribution in [3.63, 3.8) is 0 Å². The van der Waals surface area contributed by atoms with Crippen molar-refractivity contribution in [1.82, 2.24) is 15.2 Å². The number of carbonyl (C=O) groups is 1. The van der Waals surface area contributed by atoms with Crippen LogP contribution in [0.5, 0.6) is 0 Å². The van der Waals surface area contributed by atoms with Gasteiger partial charge < -0.3 is 11.1 Å². The molecule has 1 aliphatic heterocycles. The summed E-state index contributed by atoms with van der Waals surface area (Å²) in [4.78, 5) is 18.3. The number of likely N-dealkylation sites (tertiary alicyclic amines) is 1. The summed E-state index contributed by atoms with van der Waals surface area (Å²) in [5.74, 6) is 0.550. The molecule has 0 spiro atoms. The molecule has 2 heterocycles. The molecule has 1 aromatic heterocycles. The standard InChI is InChI=1S/C13H19ClN4O/c1-13(12(19)16-2)5-6-18(8-13)7-10-9(14)3-4-11(15)17-10/h3-4H,5-8H2,1-2H3,(H2,15,17)(H,16,19). The van der Waals surface area contributed by atoms with Crippen LogP contribution in [0.4, 0.5) is 5.82 Å². The maximum atomic E-state index is 11.9. The number of hydrogen-bond donors (Lipinski definition) is 2. The third-order valence-electron chi connectivity index (χ3n) is 3.64. The van der Waals surface area contributed by atoms with Gasteiger partial charge in [0.1, 0.15) is 5.82 Å². The molecule has 3 N–H and O–H groups in total. The van der Waals surface area contributed by atoms with Crippen molar-refractivity contribution in [2.75, 3.05) is 25.9 Å². The molecule has 1 unspecified atom stereocenters. The van der Waals surface area contributed by atoms with Gasteiger partial charge in [0.25, 0.3) is 0 Å². The number of aromatic nitrogens is 1. The Morgan fingerprint density at radius 2 is 2.37 bits per heavy atom. The van der Waals surface area contributed by atoms with Crippen molar-refractivity contribution in [3.05, 3.63) is 22.8 Å². The average Bonchev–Trinajstić information content (AvgIpc) is 2.76. The monoisotopic (exact) mass is 282 g/mol. The van der Waals surface area contributed by atoms with E-state index in [0.29, 0.717) is 23.9 Å². The van der Waals surface area contributed by atoms with Crippen LogP contribution >= 0.6 is 11.6 Å². The first-order valence-electron chi connectivity index (χ1n) is 6.30.